The van der Waals surface area contributed by atoms with Crippen LogP contribution in [0.1, 0.15) is 25.5 Å². The number of amides is 3. The van der Waals surface area contributed by atoms with E-state index in [2.05, 4.69) is 10.4 Å². The molecular weight excluding hydrogens is 403 g/mol. The molecule has 1 saturated carbocycles. The summed E-state index contributed by atoms with van der Waals surface area (Å²) >= 11 is 0. The summed E-state index contributed by atoms with van der Waals surface area (Å²) in [6.45, 7) is 2.76. The lowest BCUT2D eigenvalue weighted by atomic mass is 10.2. The number of anilines is 2. The van der Waals surface area contributed by atoms with Crippen molar-refractivity contribution in [1.29, 1.82) is 0 Å². The first-order valence-electron chi connectivity index (χ1n) is 9.54. The van der Waals surface area contributed by atoms with Gasteiger partial charge >= 0.3 is 12.1 Å². The van der Waals surface area contributed by atoms with Gasteiger partial charge in [0.2, 0.25) is 0 Å². The van der Waals surface area contributed by atoms with Gasteiger partial charge in [0.15, 0.2) is 17.5 Å². The van der Waals surface area contributed by atoms with Crippen LogP contribution >= 0.6 is 0 Å². The maximum atomic E-state index is 13.5. The molecule has 30 heavy (non-hydrogen) atoms. The van der Waals surface area contributed by atoms with Gasteiger partial charge in [-0.15, -0.1) is 0 Å². The minimum absolute atomic E-state index is 0.130. The van der Waals surface area contributed by atoms with Gasteiger partial charge in [-0.2, -0.15) is 5.10 Å². The zero-order chi connectivity index (χ0) is 21.2. The molecular formula is C19H18F3N5O3. The lowest BCUT2D eigenvalue weighted by molar-refractivity contribution is 0.129. The van der Waals surface area contributed by atoms with Crippen LogP contribution in [-0.4, -0.2) is 45.0 Å². The molecule has 5 rings (SSSR count). The standard InChI is InChI=1S/C19H18F3N5O3/c1-10-7-27-15(14(6-23-27)26-9-19(2-3-19)30-18(26)29)8-25(10)17(28)24-11-4-12(20)16(22)13(21)5-11/h4-6,10H,2-3,7-9H2,1H3,(H,24,28)/t10-/m0/s1. The molecule has 0 radical (unpaired) electrons. The molecule has 1 aliphatic carbocycles. The molecule has 1 aromatic heterocycles. The van der Waals surface area contributed by atoms with Crippen molar-refractivity contribution in [3.05, 3.63) is 41.5 Å². The van der Waals surface area contributed by atoms with E-state index in [-0.39, 0.29) is 18.3 Å². The van der Waals surface area contributed by atoms with Crippen molar-refractivity contribution in [2.45, 2.75) is 44.5 Å². The van der Waals surface area contributed by atoms with Gasteiger partial charge in [-0.25, -0.2) is 22.8 Å². The number of hydrogen-bond donors (Lipinski definition) is 1. The Balaban J connectivity index is 1.37. The van der Waals surface area contributed by atoms with E-state index >= 15 is 0 Å². The molecule has 0 unspecified atom stereocenters. The fraction of sp³-hybridized carbons (Fsp3) is 0.421. The quantitative estimate of drug-likeness (QED) is 0.756. The molecule has 2 aliphatic heterocycles. The number of nitrogens with zero attached hydrogens (tertiary/aromatic N) is 4. The summed E-state index contributed by atoms with van der Waals surface area (Å²) in [5.74, 6) is -4.38. The van der Waals surface area contributed by atoms with Crippen LogP contribution in [0.3, 0.4) is 0 Å². The summed E-state index contributed by atoms with van der Waals surface area (Å²) in [7, 11) is 0. The van der Waals surface area contributed by atoms with E-state index in [0.717, 1.165) is 25.0 Å². The zero-order valence-corrected chi connectivity index (χ0v) is 16.0. The highest BCUT2D eigenvalue weighted by Gasteiger charge is 2.55. The van der Waals surface area contributed by atoms with Crippen LogP contribution in [-0.2, 0) is 17.8 Å². The molecule has 1 N–H and O–H groups in total. The first-order valence-corrected chi connectivity index (χ1v) is 9.54. The summed E-state index contributed by atoms with van der Waals surface area (Å²) in [5.41, 5.74) is 0.644. The molecule has 3 heterocycles. The minimum atomic E-state index is -1.60. The SMILES string of the molecule is C[C@H]1Cn2ncc(N3CC4(CC4)OC3=O)c2CN1C(=O)Nc1cc(F)c(F)c(F)c1. The third kappa shape index (κ3) is 2.96. The van der Waals surface area contributed by atoms with E-state index in [1.165, 1.54) is 9.80 Å². The molecule has 2 fully saturated rings. The first-order chi connectivity index (χ1) is 14.3. The Morgan fingerprint density at radius 2 is 1.97 bits per heavy atom. The first kappa shape index (κ1) is 18.8. The molecule has 158 valence electrons. The van der Waals surface area contributed by atoms with Crippen LogP contribution < -0.4 is 10.2 Å². The molecule has 2 aromatic rings. The highest BCUT2D eigenvalue weighted by molar-refractivity contribution is 5.92. The Kier molecular flexibility index (Phi) is 3.99. The summed E-state index contributed by atoms with van der Waals surface area (Å²) < 4.78 is 47.2. The van der Waals surface area contributed by atoms with Crippen LogP contribution in [0.15, 0.2) is 18.3 Å². The number of rotatable bonds is 2. The van der Waals surface area contributed by atoms with E-state index in [1.54, 1.807) is 17.8 Å². The van der Waals surface area contributed by atoms with E-state index < -0.39 is 35.2 Å². The predicted molar refractivity (Wildman–Crippen MR) is 98.4 cm³/mol. The summed E-state index contributed by atoms with van der Waals surface area (Å²) in [6, 6.07) is 0.556. The molecule has 3 amide bonds. The van der Waals surface area contributed by atoms with Gasteiger partial charge in [-0.3, -0.25) is 9.58 Å². The molecule has 3 aliphatic rings. The van der Waals surface area contributed by atoms with Crippen LogP contribution in [0.25, 0.3) is 0 Å². The number of nitrogens with one attached hydrogen (secondary N) is 1. The summed E-state index contributed by atoms with van der Waals surface area (Å²) in [5, 5.41) is 6.73. The topological polar surface area (TPSA) is 79.7 Å². The number of carbonyl (C=O) groups excluding carboxylic acids is 2. The van der Waals surface area contributed by atoms with Crippen molar-refractivity contribution < 1.29 is 27.5 Å². The van der Waals surface area contributed by atoms with Gasteiger partial charge in [0.25, 0.3) is 0 Å². The van der Waals surface area contributed by atoms with Crippen molar-refractivity contribution in [2.24, 2.45) is 0 Å². The number of hydrogen-bond acceptors (Lipinski definition) is 4. The number of ether oxygens (including phenoxy) is 1. The third-order valence-corrected chi connectivity index (χ3v) is 5.78. The van der Waals surface area contributed by atoms with Crippen LogP contribution in [0.2, 0.25) is 0 Å². The van der Waals surface area contributed by atoms with E-state index in [4.69, 9.17) is 4.74 Å². The lowest BCUT2D eigenvalue weighted by Gasteiger charge is -2.34. The Morgan fingerprint density at radius 3 is 2.60 bits per heavy atom. The monoisotopic (exact) mass is 421 g/mol. The largest absolute Gasteiger partial charge is 0.441 e. The number of carbonyl (C=O) groups is 2. The maximum Gasteiger partial charge on any atom is 0.415 e. The van der Waals surface area contributed by atoms with Crippen molar-refractivity contribution in [3.63, 3.8) is 0 Å². The number of aromatic nitrogens is 2. The Bertz CT molecular complexity index is 1040. The number of halogens is 3. The van der Waals surface area contributed by atoms with Crippen molar-refractivity contribution >= 4 is 23.5 Å². The second kappa shape index (κ2) is 6.38. The van der Waals surface area contributed by atoms with Gasteiger partial charge in [0.05, 0.1) is 43.3 Å². The van der Waals surface area contributed by atoms with Crippen molar-refractivity contribution in [1.82, 2.24) is 14.7 Å². The predicted octanol–water partition coefficient (Wildman–Crippen LogP) is 3.23. The Hall–Kier alpha value is -3.24. The van der Waals surface area contributed by atoms with Gasteiger partial charge in [0.1, 0.15) is 5.60 Å². The van der Waals surface area contributed by atoms with Crippen LogP contribution in [0.5, 0.6) is 0 Å². The van der Waals surface area contributed by atoms with Crippen molar-refractivity contribution in [3.8, 4) is 0 Å². The molecule has 8 nitrogen and oxygen atoms in total. The Morgan fingerprint density at radius 1 is 1.27 bits per heavy atom. The van der Waals surface area contributed by atoms with Gasteiger partial charge < -0.3 is 15.0 Å². The fourth-order valence-electron chi connectivity index (χ4n) is 3.92. The Labute approximate surface area is 169 Å². The molecule has 1 saturated heterocycles. The maximum absolute atomic E-state index is 13.5. The number of fused-ring (bicyclic) bond motifs is 1. The average molecular weight is 421 g/mol. The van der Waals surface area contributed by atoms with E-state index in [9.17, 15) is 22.8 Å². The third-order valence-electron chi connectivity index (χ3n) is 5.78. The summed E-state index contributed by atoms with van der Waals surface area (Å²) in [4.78, 5) is 28.1. The number of benzene rings is 1. The highest BCUT2D eigenvalue weighted by atomic mass is 19.2. The smallest absolute Gasteiger partial charge is 0.415 e. The minimum Gasteiger partial charge on any atom is -0.441 e. The normalized spacial score (nSPS) is 21.6. The molecule has 1 spiro atoms. The average Bonchev–Trinajstić information content (AvgIpc) is 3.19. The van der Waals surface area contributed by atoms with Crippen LogP contribution in [0, 0.1) is 17.5 Å². The second-order valence-corrected chi connectivity index (χ2v) is 7.96. The van der Waals surface area contributed by atoms with Gasteiger partial charge in [-0.05, 0) is 19.8 Å². The van der Waals surface area contributed by atoms with E-state index in [1.807, 2.05) is 0 Å². The number of urea groups is 1. The molecule has 0 bridgehead atoms. The van der Waals surface area contributed by atoms with E-state index in [0.29, 0.717) is 24.5 Å². The molecule has 11 heteroatoms. The van der Waals surface area contributed by atoms with Crippen molar-refractivity contribution in [2.75, 3.05) is 16.8 Å². The molecule has 1 aromatic carbocycles. The van der Waals surface area contributed by atoms with Crippen LogP contribution in [0.4, 0.5) is 34.1 Å². The molecule has 1 atom stereocenters. The lowest BCUT2D eigenvalue weighted by Crippen LogP contribution is -2.47. The van der Waals surface area contributed by atoms with Gasteiger partial charge in [-0.1, -0.05) is 0 Å². The fourth-order valence-corrected chi connectivity index (χ4v) is 3.92. The highest BCUT2D eigenvalue weighted by Crippen LogP contribution is 2.46. The second-order valence-electron chi connectivity index (χ2n) is 7.96. The van der Waals surface area contributed by atoms with Gasteiger partial charge in [0, 0.05) is 17.8 Å². The summed E-state index contributed by atoms with van der Waals surface area (Å²) in [6.07, 6.45) is 2.80. The zero-order valence-electron chi connectivity index (χ0n) is 16.0.